The summed E-state index contributed by atoms with van der Waals surface area (Å²) in [7, 11) is 1.33. The summed E-state index contributed by atoms with van der Waals surface area (Å²) in [6, 6.07) is 1.86. The number of nitrogens with two attached hydrogens (primary N) is 1. The number of likely N-dealkylation sites (tertiary alicyclic amines) is 1. The van der Waals surface area contributed by atoms with Crippen molar-refractivity contribution in [2.75, 3.05) is 32.1 Å². The predicted octanol–water partition coefficient (Wildman–Crippen LogP) is 1.95. The van der Waals surface area contributed by atoms with Gasteiger partial charge in [-0.25, -0.2) is 4.79 Å². The predicted molar refractivity (Wildman–Crippen MR) is 94.3 cm³/mol. The molecule has 1 aliphatic rings. The summed E-state index contributed by atoms with van der Waals surface area (Å²) < 4.78 is 4.70. The highest BCUT2D eigenvalue weighted by Crippen LogP contribution is 2.23. The van der Waals surface area contributed by atoms with Crippen LogP contribution in [0.1, 0.15) is 29.4 Å². The molecular formula is C15H24ClN3O3S. The molecule has 2 atom stereocenters. The highest BCUT2D eigenvalue weighted by atomic mass is 35.5. The lowest BCUT2D eigenvalue weighted by molar-refractivity contribution is -0.117. The number of halogens is 1. The van der Waals surface area contributed by atoms with Crippen molar-refractivity contribution in [3.8, 4) is 0 Å². The third-order valence-electron chi connectivity index (χ3n) is 3.96. The van der Waals surface area contributed by atoms with Crippen LogP contribution in [-0.4, -0.2) is 49.6 Å². The highest BCUT2D eigenvalue weighted by molar-refractivity contribution is 7.12. The number of nitrogens with one attached hydrogen (secondary N) is 1. The standard InChI is InChI=1S/C15H23N3O3S.ClH/c1-10(16)11-4-3-6-18(8-11)9-13(19)17-12-5-7-22-14(12)15(20)21-2;/h5,7,10-11H,3-4,6,8-9,16H2,1-2H3,(H,17,19);1H. The van der Waals surface area contributed by atoms with Gasteiger partial charge < -0.3 is 15.8 Å². The van der Waals surface area contributed by atoms with Gasteiger partial charge in [0.25, 0.3) is 0 Å². The fourth-order valence-corrected chi connectivity index (χ4v) is 3.48. The number of ether oxygens (including phenoxy) is 1. The SMILES string of the molecule is COC(=O)c1sccc1NC(=O)CN1CCCC(C(C)N)C1.Cl. The number of anilines is 1. The lowest BCUT2D eigenvalue weighted by Crippen LogP contribution is -2.45. The fourth-order valence-electron chi connectivity index (χ4n) is 2.72. The average Bonchev–Trinajstić information content (AvgIpc) is 2.94. The topological polar surface area (TPSA) is 84.7 Å². The van der Waals surface area contributed by atoms with Crippen LogP contribution in [-0.2, 0) is 9.53 Å². The van der Waals surface area contributed by atoms with Crippen molar-refractivity contribution in [2.24, 2.45) is 11.7 Å². The first-order chi connectivity index (χ1) is 10.5. The van der Waals surface area contributed by atoms with Crippen molar-refractivity contribution in [2.45, 2.75) is 25.8 Å². The minimum absolute atomic E-state index is 0. The number of methoxy groups -OCH3 is 1. The van der Waals surface area contributed by atoms with Crippen molar-refractivity contribution in [3.63, 3.8) is 0 Å². The summed E-state index contributed by atoms with van der Waals surface area (Å²) in [4.78, 5) is 26.3. The number of rotatable bonds is 5. The van der Waals surface area contributed by atoms with E-state index in [4.69, 9.17) is 10.5 Å². The molecule has 0 bridgehead atoms. The molecule has 23 heavy (non-hydrogen) atoms. The maximum atomic E-state index is 12.2. The second-order valence-corrected chi connectivity index (χ2v) is 6.62. The van der Waals surface area contributed by atoms with Gasteiger partial charge in [-0.15, -0.1) is 23.7 Å². The Morgan fingerprint density at radius 1 is 1.57 bits per heavy atom. The minimum Gasteiger partial charge on any atom is -0.465 e. The molecule has 0 aromatic carbocycles. The van der Waals surface area contributed by atoms with Crippen LogP contribution in [0.2, 0.25) is 0 Å². The molecular weight excluding hydrogens is 338 g/mol. The van der Waals surface area contributed by atoms with E-state index < -0.39 is 5.97 Å². The molecule has 0 saturated carbocycles. The Balaban J connectivity index is 0.00000264. The summed E-state index contributed by atoms with van der Waals surface area (Å²) in [5, 5.41) is 4.55. The van der Waals surface area contributed by atoms with Crippen molar-refractivity contribution < 1.29 is 14.3 Å². The van der Waals surface area contributed by atoms with Crippen LogP contribution in [0, 0.1) is 5.92 Å². The molecule has 3 N–H and O–H groups in total. The Kier molecular flexibility index (Phi) is 7.98. The van der Waals surface area contributed by atoms with Crippen LogP contribution < -0.4 is 11.1 Å². The van der Waals surface area contributed by atoms with E-state index in [-0.39, 0.29) is 24.4 Å². The van der Waals surface area contributed by atoms with Gasteiger partial charge in [0.1, 0.15) is 4.88 Å². The van der Waals surface area contributed by atoms with Gasteiger partial charge in [0.05, 0.1) is 19.3 Å². The van der Waals surface area contributed by atoms with Gasteiger partial charge in [-0.2, -0.15) is 0 Å². The first-order valence-electron chi connectivity index (χ1n) is 7.45. The van der Waals surface area contributed by atoms with E-state index in [2.05, 4.69) is 10.2 Å². The number of amides is 1. The molecule has 6 nitrogen and oxygen atoms in total. The van der Waals surface area contributed by atoms with Gasteiger partial charge in [-0.1, -0.05) is 0 Å². The van der Waals surface area contributed by atoms with Crippen LogP contribution in [0.25, 0.3) is 0 Å². The van der Waals surface area contributed by atoms with Gasteiger partial charge >= 0.3 is 5.97 Å². The van der Waals surface area contributed by atoms with Crippen LogP contribution in [0.3, 0.4) is 0 Å². The average molecular weight is 362 g/mol. The molecule has 0 radical (unpaired) electrons. The summed E-state index contributed by atoms with van der Waals surface area (Å²) in [6.45, 7) is 4.09. The smallest absolute Gasteiger partial charge is 0.350 e. The quantitative estimate of drug-likeness (QED) is 0.783. The summed E-state index contributed by atoms with van der Waals surface area (Å²) in [6.07, 6.45) is 2.18. The van der Waals surface area contributed by atoms with Gasteiger partial charge in [0.15, 0.2) is 0 Å². The third kappa shape index (κ3) is 5.46. The Labute approximate surface area is 146 Å². The molecule has 1 fully saturated rings. The first-order valence-corrected chi connectivity index (χ1v) is 8.32. The molecule has 2 heterocycles. The number of carbonyl (C=O) groups is 2. The molecule has 130 valence electrons. The Morgan fingerprint density at radius 3 is 2.96 bits per heavy atom. The maximum absolute atomic E-state index is 12.2. The van der Waals surface area contributed by atoms with Gasteiger partial charge in [-0.05, 0) is 43.7 Å². The van der Waals surface area contributed by atoms with Crippen LogP contribution in [0.5, 0.6) is 0 Å². The Hall–Kier alpha value is -1.15. The highest BCUT2D eigenvalue weighted by Gasteiger charge is 2.24. The van der Waals surface area contributed by atoms with Crippen LogP contribution >= 0.6 is 23.7 Å². The Morgan fingerprint density at radius 2 is 2.30 bits per heavy atom. The van der Waals surface area contributed by atoms with E-state index in [0.29, 0.717) is 23.0 Å². The fraction of sp³-hybridized carbons (Fsp3) is 0.600. The summed E-state index contributed by atoms with van der Waals surface area (Å²) in [5.41, 5.74) is 6.48. The lowest BCUT2D eigenvalue weighted by Gasteiger charge is -2.34. The van der Waals surface area contributed by atoms with Crippen molar-refractivity contribution in [1.29, 1.82) is 0 Å². The normalized spacial score (nSPS) is 19.5. The van der Waals surface area contributed by atoms with Crippen LogP contribution in [0.15, 0.2) is 11.4 Å². The zero-order valence-corrected chi connectivity index (χ0v) is 15.0. The maximum Gasteiger partial charge on any atom is 0.350 e. The second-order valence-electron chi connectivity index (χ2n) is 5.70. The molecule has 1 aliphatic heterocycles. The van der Waals surface area contributed by atoms with Crippen LogP contribution in [0.4, 0.5) is 5.69 Å². The molecule has 1 aromatic heterocycles. The van der Waals surface area contributed by atoms with Gasteiger partial charge in [0.2, 0.25) is 5.91 Å². The van der Waals surface area contributed by atoms with E-state index in [1.807, 2.05) is 6.92 Å². The van der Waals surface area contributed by atoms with E-state index in [0.717, 1.165) is 25.9 Å². The largest absolute Gasteiger partial charge is 0.465 e. The van der Waals surface area contributed by atoms with Gasteiger partial charge in [0, 0.05) is 12.6 Å². The van der Waals surface area contributed by atoms with E-state index >= 15 is 0 Å². The number of thiophene rings is 1. The number of piperidine rings is 1. The molecule has 8 heteroatoms. The molecule has 1 amide bonds. The van der Waals surface area contributed by atoms with Crippen molar-refractivity contribution in [1.82, 2.24) is 4.90 Å². The Bertz CT molecular complexity index is 536. The van der Waals surface area contributed by atoms with E-state index in [1.54, 1.807) is 11.4 Å². The minimum atomic E-state index is -0.430. The molecule has 0 spiro atoms. The second kappa shape index (κ2) is 9.22. The van der Waals surface area contributed by atoms with E-state index in [9.17, 15) is 9.59 Å². The molecule has 2 rings (SSSR count). The molecule has 0 aliphatic carbocycles. The zero-order chi connectivity index (χ0) is 16.1. The number of nitrogens with zero attached hydrogens (tertiary/aromatic N) is 1. The zero-order valence-electron chi connectivity index (χ0n) is 13.4. The molecule has 2 unspecified atom stereocenters. The lowest BCUT2D eigenvalue weighted by atomic mass is 9.92. The first kappa shape index (κ1) is 19.9. The third-order valence-corrected chi connectivity index (χ3v) is 4.86. The molecule has 1 saturated heterocycles. The summed E-state index contributed by atoms with van der Waals surface area (Å²) in [5.74, 6) is -0.109. The van der Waals surface area contributed by atoms with E-state index in [1.165, 1.54) is 18.4 Å². The van der Waals surface area contributed by atoms with Crippen molar-refractivity contribution >= 4 is 41.3 Å². The monoisotopic (exact) mass is 361 g/mol. The summed E-state index contributed by atoms with van der Waals surface area (Å²) >= 11 is 1.26. The van der Waals surface area contributed by atoms with Crippen molar-refractivity contribution in [3.05, 3.63) is 16.3 Å². The number of carbonyl (C=O) groups excluding carboxylic acids is 2. The number of esters is 1. The number of hydrogen-bond acceptors (Lipinski definition) is 6. The number of hydrogen-bond donors (Lipinski definition) is 2. The molecule has 1 aromatic rings. The van der Waals surface area contributed by atoms with Gasteiger partial charge in [-0.3, -0.25) is 9.69 Å².